The van der Waals surface area contributed by atoms with Crippen LogP contribution in [-0.4, -0.2) is 54.2 Å². The Bertz CT molecular complexity index is 485. The average Bonchev–Trinajstić information content (AvgIpc) is 2.83. The van der Waals surface area contributed by atoms with E-state index in [-0.39, 0.29) is 25.8 Å². The fraction of sp³-hybridized carbons (Fsp3) is 0.846. The molecular formula is C26H50O7. The molecule has 0 amide bonds. The molecule has 0 aromatic rings. The monoisotopic (exact) mass is 474 g/mol. The van der Waals surface area contributed by atoms with Crippen LogP contribution in [0.2, 0.25) is 0 Å². The zero-order valence-corrected chi connectivity index (χ0v) is 22.5. The van der Waals surface area contributed by atoms with Crippen molar-refractivity contribution in [3.63, 3.8) is 0 Å². The molecule has 0 rings (SSSR count). The van der Waals surface area contributed by atoms with E-state index >= 15 is 0 Å². The van der Waals surface area contributed by atoms with Crippen LogP contribution in [0.15, 0.2) is 23.0 Å². The molecular weight excluding hydrogens is 424 g/mol. The van der Waals surface area contributed by atoms with Gasteiger partial charge in [-0.3, -0.25) is 0 Å². The predicted molar refractivity (Wildman–Crippen MR) is 132 cm³/mol. The maximum atomic E-state index is 6.05. The summed E-state index contributed by atoms with van der Waals surface area (Å²) in [6, 6.07) is 0. The molecule has 7 heteroatoms. The summed E-state index contributed by atoms with van der Waals surface area (Å²) in [4.78, 5) is 0. The van der Waals surface area contributed by atoms with Gasteiger partial charge in [0, 0.05) is 12.8 Å². The molecule has 0 N–H and O–H groups in total. The molecule has 0 aliphatic rings. The number of hydrogen-bond donors (Lipinski definition) is 0. The lowest BCUT2D eigenvalue weighted by atomic mass is 10.1. The topological polar surface area (TPSA) is 64.6 Å². The molecule has 0 aromatic carbocycles. The fourth-order valence-electron chi connectivity index (χ4n) is 3.61. The molecule has 33 heavy (non-hydrogen) atoms. The summed E-state index contributed by atoms with van der Waals surface area (Å²) in [7, 11) is 6.68. The van der Waals surface area contributed by atoms with Gasteiger partial charge in [0.25, 0.3) is 0 Å². The van der Waals surface area contributed by atoms with Crippen LogP contribution in [0.5, 0.6) is 0 Å². The van der Waals surface area contributed by atoms with Gasteiger partial charge in [0.15, 0.2) is 25.1 Å². The van der Waals surface area contributed by atoms with Gasteiger partial charge in [0.1, 0.15) is 23.7 Å². The molecule has 0 aliphatic carbocycles. The van der Waals surface area contributed by atoms with Gasteiger partial charge >= 0.3 is 0 Å². The van der Waals surface area contributed by atoms with Gasteiger partial charge in [-0.1, -0.05) is 53.4 Å². The van der Waals surface area contributed by atoms with Crippen LogP contribution in [0.25, 0.3) is 0 Å². The van der Waals surface area contributed by atoms with Gasteiger partial charge < -0.3 is 33.2 Å². The van der Waals surface area contributed by atoms with Gasteiger partial charge in [0.05, 0.1) is 28.4 Å². The van der Waals surface area contributed by atoms with Crippen molar-refractivity contribution in [3.8, 4) is 0 Å². The SMILES string of the molecule is CCCCC(OCOCOC(CCCC)C(OC)=C(CCC)OC)C(OC)=C(CCC)OC. The maximum Gasteiger partial charge on any atom is 0.162 e. The van der Waals surface area contributed by atoms with Crippen LogP contribution >= 0.6 is 0 Å². The van der Waals surface area contributed by atoms with Crippen molar-refractivity contribution >= 4 is 0 Å². The van der Waals surface area contributed by atoms with Crippen molar-refractivity contribution in [1.29, 1.82) is 0 Å². The average molecular weight is 475 g/mol. The van der Waals surface area contributed by atoms with E-state index in [9.17, 15) is 0 Å². The van der Waals surface area contributed by atoms with E-state index in [4.69, 9.17) is 33.2 Å². The summed E-state index contributed by atoms with van der Waals surface area (Å²) < 4.78 is 40.3. The largest absolute Gasteiger partial charge is 0.497 e. The van der Waals surface area contributed by atoms with Crippen LogP contribution in [0, 0.1) is 0 Å². The smallest absolute Gasteiger partial charge is 0.162 e. The summed E-state index contributed by atoms with van der Waals surface area (Å²) in [6.45, 7) is 8.74. The van der Waals surface area contributed by atoms with Crippen molar-refractivity contribution in [1.82, 2.24) is 0 Å². The van der Waals surface area contributed by atoms with Crippen molar-refractivity contribution in [2.75, 3.05) is 42.0 Å². The maximum absolute atomic E-state index is 6.05. The highest BCUT2D eigenvalue weighted by Gasteiger charge is 2.23. The molecule has 0 aromatic heterocycles. The Morgan fingerprint density at radius 1 is 0.545 bits per heavy atom. The molecule has 196 valence electrons. The van der Waals surface area contributed by atoms with Gasteiger partial charge in [0.2, 0.25) is 0 Å². The Morgan fingerprint density at radius 2 is 0.939 bits per heavy atom. The second-order valence-corrected chi connectivity index (χ2v) is 7.93. The summed E-state index contributed by atoms with van der Waals surface area (Å²) in [5.74, 6) is 3.14. The third-order valence-electron chi connectivity index (χ3n) is 5.37. The molecule has 0 fully saturated rings. The Balaban J connectivity index is 5.11. The van der Waals surface area contributed by atoms with Gasteiger partial charge in [-0.25, -0.2) is 0 Å². The van der Waals surface area contributed by atoms with Crippen LogP contribution in [0.1, 0.15) is 91.9 Å². The quantitative estimate of drug-likeness (QED) is 0.0985. The highest BCUT2D eigenvalue weighted by atomic mass is 16.7. The first kappa shape index (κ1) is 31.6. The highest BCUT2D eigenvalue weighted by Crippen LogP contribution is 2.24. The van der Waals surface area contributed by atoms with Crippen LogP contribution < -0.4 is 0 Å². The van der Waals surface area contributed by atoms with E-state index in [1.807, 2.05) is 0 Å². The molecule has 0 radical (unpaired) electrons. The molecule has 0 bridgehead atoms. The Labute approximate surface area is 202 Å². The molecule has 0 spiro atoms. The number of allylic oxidation sites excluding steroid dienone is 2. The first-order valence-electron chi connectivity index (χ1n) is 12.5. The Hall–Kier alpha value is -1.44. The van der Waals surface area contributed by atoms with E-state index in [1.165, 1.54) is 0 Å². The molecule has 7 nitrogen and oxygen atoms in total. The molecule has 0 aliphatic heterocycles. The van der Waals surface area contributed by atoms with Crippen molar-refractivity contribution < 1.29 is 33.2 Å². The van der Waals surface area contributed by atoms with Gasteiger partial charge in [-0.2, -0.15) is 0 Å². The van der Waals surface area contributed by atoms with Crippen LogP contribution in [-0.2, 0) is 33.2 Å². The van der Waals surface area contributed by atoms with Crippen LogP contribution in [0.3, 0.4) is 0 Å². The molecule has 2 atom stereocenters. The summed E-state index contributed by atoms with van der Waals surface area (Å²) in [5.41, 5.74) is 0. The van der Waals surface area contributed by atoms with E-state index < -0.39 is 0 Å². The lowest BCUT2D eigenvalue weighted by Gasteiger charge is -2.24. The minimum Gasteiger partial charge on any atom is -0.497 e. The lowest BCUT2D eigenvalue weighted by Crippen LogP contribution is -2.24. The molecule has 0 saturated heterocycles. The van der Waals surface area contributed by atoms with E-state index in [0.29, 0.717) is 0 Å². The van der Waals surface area contributed by atoms with E-state index in [2.05, 4.69) is 27.7 Å². The number of ether oxygens (including phenoxy) is 7. The standard InChI is InChI=1S/C26H50O7/c1-9-13-17-23(25(29-7)21(27-5)15-11-3)32-19-31-20-33-24(18-14-10-2)26(30-8)22(28-6)16-12-4/h23-24H,9-20H2,1-8H3. The van der Waals surface area contributed by atoms with Crippen molar-refractivity contribution in [2.45, 2.75) is 104 Å². The predicted octanol–water partition coefficient (Wildman–Crippen LogP) is 6.68. The fourth-order valence-corrected chi connectivity index (χ4v) is 3.61. The minimum absolute atomic E-state index is 0.100. The van der Waals surface area contributed by atoms with E-state index in [1.54, 1.807) is 28.4 Å². The lowest BCUT2D eigenvalue weighted by molar-refractivity contribution is -0.165. The Morgan fingerprint density at radius 3 is 1.21 bits per heavy atom. The van der Waals surface area contributed by atoms with Crippen molar-refractivity contribution in [3.05, 3.63) is 23.0 Å². The first-order valence-corrected chi connectivity index (χ1v) is 12.5. The molecule has 0 saturated carbocycles. The van der Waals surface area contributed by atoms with Crippen LogP contribution in [0.4, 0.5) is 0 Å². The summed E-state index contributed by atoms with van der Waals surface area (Å²) in [5, 5.41) is 0. The third kappa shape index (κ3) is 12.6. The second-order valence-electron chi connectivity index (χ2n) is 7.93. The van der Waals surface area contributed by atoms with E-state index in [0.717, 1.165) is 87.2 Å². The highest BCUT2D eigenvalue weighted by molar-refractivity contribution is 5.08. The van der Waals surface area contributed by atoms with Crippen molar-refractivity contribution in [2.24, 2.45) is 0 Å². The number of methoxy groups -OCH3 is 4. The number of hydrogen-bond acceptors (Lipinski definition) is 7. The second kappa shape index (κ2) is 21.1. The summed E-state index contributed by atoms with van der Waals surface area (Å²) >= 11 is 0. The van der Waals surface area contributed by atoms with Gasteiger partial charge in [-0.05, 0) is 25.7 Å². The van der Waals surface area contributed by atoms with Gasteiger partial charge in [-0.15, -0.1) is 0 Å². The zero-order valence-electron chi connectivity index (χ0n) is 22.5. The third-order valence-corrected chi connectivity index (χ3v) is 5.37. The first-order chi connectivity index (χ1) is 16.1. The molecule has 0 heterocycles. The Kier molecular flexibility index (Phi) is 20.2. The molecule has 2 unspecified atom stereocenters. The summed E-state index contributed by atoms with van der Waals surface area (Å²) in [6.07, 6.45) is 8.98. The zero-order chi connectivity index (χ0) is 24.9. The number of unbranched alkanes of at least 4 members (excludes halogenated alkanes) is 2. The normalized spacial score (nSPS) is 14.8. The minimum atomic E-state index is -0.216. The number of rotatable bonds is 22.